The standard InChI is InChI=1S/C29H45FN2O9/c1-6-8-10-12-14-24(33)38-18-22-21(41-25(34)15-13-11-9-7-2)16-23(40-22)31-17-20(30)26(35)32(28(31)37)19-39-27(36)29(3,4)5/h17,21-23H,6-16,18-19H2,1-5H3/t21-,22+,23+/m0/s1. The zero-order valence-electron chi connectivity index (χ0n) is 24.9. The molecule has 0 unspecified atom stereocenters. The summed E-state index contributed by atoms with van der Waals surface area (Å²) in [6.07, 6.45) is 5.37. The number of hydrogen-bond donors (Lipinski definition) is 0. The summed E-state index contributed by atoms with van der Waals surface area (Å²) >= 11 is 0. The maximum Gasteiger partial charge on any atom is 0.336 e. The van der Waals surface area contributed by atoms with Crippen LogP contribution in [0.2, 0.25) is 0 Å². The fourth-order valence-corrected chi connectivity index (χ4v) is 4.26. The topological polar surface area (TPSA) is 132 Å². The molecule has 1 saturated heterocycles. The molecule has 12 heteroatoms. The van der Waals surface area contributed by atoms with Crippen molar-refractivity contribution in [3.8, 4) is 0 Å². The molecule has 0 N–H and O–H groups in total. The number of halogens is 1. The van der Waals surface area contributed by atoms with Gasteiger partial charge in [-0.3, -0.25) is 23.7 Å². The third kappa shape index (κ3) is 10.7. The Hall–Kier alpha value is -3.02. The number of hydrogen-bond acceptors (Lipinski definition) is 9. The molecule has 2 rings (SSSR count). The molecule has 0 amide bonds. The number of unbranched alkanes of at least 4 members (excludes halogenated alkanes) is 6. The van der Waals surface area contributed by atoms with Gasteiger partial charge in [0.15, 0.2) is 6.73 Å². The predicted molar refractivity (Wildman–Crippen MR) is 147 cm³/mol. The summed E-state index contributed by atoms with van der Waals surface area (Å²) in [6.45, 7) is 7.91. The molecule has 3 atom stereocenters. The molecule has 41 heavy (non-hydrogen) atoms. The van der Waals surface area contributed by atoms with E-state index in [0.717, 1.165) is 43.1 Å². The van der Waals surface area contributed by atoms with Crippen LogP contribution in [-0.2, 0) is 40.1 Å². The molecular formula is C29H45FN2O9. The lowest BCUT2D eigenvalue weighted by Gasteiger charge is -2.19. The Bertz CT molecular complexity index is 1140. The van der Waals surface area contributed by atoms with Crippen LogP contribution >= 0.6 is 0 Å². The van der Waals surface area contributed by atoms with Gasteiger partial charge in [-0.05, 0) is 33.6 Å². The first-order valence-electron chi connectivity index (χ1n) is 14.6. The van der Waals surface area contributed by atoms with E-state index in [4.69, 9.17) is 18.9 Å². The van der Waals surface area contributed by atoms with Gasteiger partial charge < -0.3 is 18.9 Å². The quantitative estimate of drug-likeness (QED) is 0.158. The molecule has 0 saturated carbocycles. The van der Waals surface area contributed by atoms with E-state index in [0.29, 0.717) is 23.6 Å². The molecule has 11 nitrogen and oxygen atoms in total. The van der Waals surface area contributed by atoms with Gasteiger partial charge in [0.25, 0.3) is 5.56 Å². The number of carbonyl (C=O) groups excluding carboxylic acids is 3. The van der Waals surface area contributed by atoms with Crippen LogP contribution < -0.4 is 11.2 Å². The maximum absolute atomic E-state index is 14.6. The average molecular weight is 585 g/mol. The third-order valence-electron chi connectivity index (χ3n) is 6.74. The van der Waals surface area contributed by atoms with E-state index in [9.17, 15) is 28.4 Å². The Balaban J connectivity index is 2.20. The number of carbonyl (C=O) groups is 3. The molecule has 1 fully saturated rings. The highest BCUT2D eigenvalue weighted by molar-refractivity contribution is 5.75. The van der Waals surface area contributed by atoms with Crippen molar-refractivity contribution in [1.82, 2.24) is 9.13 Å². The lowest BCUT2D eigenvalue weighted by Crippen LogP contribution is -2.43. The second kappa shape index (κ2) is 16.4. The van der Waals surface area contributed by atoms with Crippen LogP contribution in [0.3, 0.4) is 0 Å². The summed E-state index contributed by atoms with van der Waals surface area (Å²) in [5, 5.41) is 0. The fourth-order valence-electron chi connectivity index (χ4n) is 4.26. The number of aromatic nitrogens is 2. The summed E-state index contributed by atoms with van der Waals surface area (Å²) in [4.78, 5) is 62.5. The van der Waals surface area contributed by atoms with Gasteiger partial charge in [0.05, 0.1) is 11.6 Å². The normalized spacial score (nSPS) is 18.7. The largest absolute Gasteiger partial charge is 0.463 e. The second-order valence-corrected chi connectivity index (χ2v) is 11.4. The Morgan fingerprint density at radius 3 is 2.15 bits per heavy atom. The number of esters is 3. The first kappa shape index (κ1) is 34.2. The van der Waals surface area contributed by atoms with Crippen LogP contribution in [0, 0.1) is 11.2 Å². The van der Waals surface area contributed by atoms with Crippen LogP contribution in [0.25, 0.3) is 0 Å². The summed E-state index contributed by atoms with van der Waals surface area (Å²) < 4.78 is 37.9. The van der Waals surface area contributed by atoms with Gasteiger partial charge >= 0.3 is 23.6 Å². The van der Waals surface area contributed by atoms with Crippen LogP contribution in [0.5, 0.6) is 0 Å². The Labute approximate surface area is 240 Å². The second-order valence-electron chi connectivity index (χ2n) is 11.4. The first-order valence-corrected chi connectivity index (χ1v) is 14.6. The zero-order chi connectivity index (χ0) is 30.6. The molecule has 0 bridgehead atoms. The van der Waals surface area contributed by atoms with Crippen molar-refractivity contribution in [3.05, 3.63) is 32.9 Å². The Morgan fingerprint density at radius 1 is 0.951 bits per heavy atom. The van der Waals surface area contributed by atoms with Gasteiger partial charge in [-0.25, -0.2) is 9.36 Å². The average Bonchev–Trinajstić information content (AvgIpc) is 3.31. The SMILES string of the molecule is CCCCCCC(=O)OC[C@H]1O[C@@H](n2cc(F)c(=O)n(COC(=O)C(C)(C)C)c2=O)C[C@@H]1OC(=O)CCCCCC. The van der Waals surface area contributed by atoms with Crippen molar-refractivity contribution >= 4 is 17.9 Å². The highest BCUT2D eigenvalue weighted by Gasteiger charge is 2.40. The maximum atomic E-state index is 14.6. The molecule has 1 aromatic rings. The van der Waals surface area contributed by atoms with Gasteiger partial charge in [0.1, 0.15) is 25.0 Å². The molecular weight excluding hydrogens is 539 g/mol. The number of rotatable bonds is 16. The van der Waals surface area contributed by atoms with Crippen LogP contribution in [-0.4, -0.2) is 45.9 Å². The molecule has 1 aliphatic rings. The van der Waals surface area contributed by atoms with Gasteiger partial charge in [-0.1, -0.05) is 52.4 Å². The summed E-state index contributed by atoms with van der Waals surface area (Å²) in [5.41, 5.74) is -3.13. The molecule has 0 radical (unpaired) electrons. The lowest BCUT2D eigenvalue weighted by atomic mass is 9.98. The minimum absolute atomic E-state index is 0.0429. The molecule has 0 aliphatic carbocycles. The minimum Gasteiger partial charge on any atom is -0.463 e. The third-order valence-corrected chi connectivity index (χ3v) is 6.74. The molecule has 1 aromatic heterocycles. The molecule has 2 heterocycles. The Kier molecular flexibility index (Phi) is 13.7. The highest BCUT2D eigenvalue weighted by atomic mass is 19.1. The van der Waals surface area contributed by atoms with Crippen molar-refractivity contribution < 1.29 is 37.7 Å². The van der Waals surface area contributed by atoms with E-state index in [-0.39, 0.29) is 25.9 Å². The number of ether oxygens (including phenoxy) is 4. The van der Waals surface area contributed by atoms with Crippen LogP contribution in [0.15, 0.2) is 15.8 Å². The van der Waals surface area contributed by atoms with Gasteiger partial charge in [-0.2, -0.15) is 4.39 Å². The lowest BCUT2D eigenvalue weighted by molar-refractivity contribution is -0.159. The highest BCUT2D eigenvalue weighted by Crippen LogP contribution is 2.31. The first-order chi connectivity index (χ1) is 19.4. The van der Waals surface area contributed by atoms with Crippen molar-refractivity contribution in [3.63, 3.8) is 0 Å². The summed E-state index contributed by atoms with van der Waals surface area (Å²) in [5.74, 6) is -2.82. The predicted octanol–water partition coefficient (Wildman–Crippen LogP) is 4.38. The van der Waals surface area contributed by atoms with E-state index < -0.39 is 65.6 Å². The van der Waals surface area contributed by atoms with Crippen molar-refractivity contribution in [2.24, 2.45) is 5.41 Å². The van der Waals surface area contributed by atoms with Gasteiger partial charge in [0.2, 0.25) is 5.82 Å². The van der Waals surface area contributed by atoms with E-state index in [1.54, 1.807) is 20.8 Å². The van der Waals surface area contributed by atoms with E-state index in [1.165, 1.54) is 0 Å². The molecule has 232 valence electrons. The molecule has 0 spiro atoms. The van der Waals surface area contributed by atoms with E-state index >= 15 is 0 Å². The molecule has 1 aliphatic heterocycles. The van der Waals surface area contributed by atoms with Crippen molar-refractivity contribution in [1.29, 1.82) is 0 Å². The van der Waals surface area contributed by atoms with Gasteiger partial charge in [-0.15, -0.1) is 0 Å². The van der Waals surface area contributed by atoms with Crippen molar-refractivity contribution in [2.75, 3.05) is 6.61 Å². The van der Waals surface area contributed by atoms with Crippen molar-refractivity contribution in [2.45, 2.75) is 130 Å². The number of nitrogens with zero attached hydrogens (tertiary/aromatic N) is 2. The monoisotopic (exact) mass is 584 g/mol. The fraction of sp³-hybridized carbons (Fsp3) is 0.759. The smallest absolute Gasteiger partial charge is 0.336 e. The molecule has 0 aromatic carbocycles. The summed E-state index contributed by atoms with van der Waals surface area (Å²) in [7, 11) is 0. The Morgan fingerprint density at radius 2 is 1.56 bits per heavy atom. The summed E-state index contributed by atoms with van der Waals surface area (Å²) in [6, 6.07) is 0. The van der Waals surface area contributed by atoms with Crippen LogP contribution in [0.1, 0.15) is 111 Å². The van der Waals surface area contributed by atoms with Crippen LogP contribution in [0.4, 0.5) is 4.39 Å². The van der Waals surface area contributed by atoms with E-state index in [1.807, 2.05) is 0 Å². The van der Waals surface area contributed by atoms with Gasteiger partial charge in [0, 0.05) is 19.3 Å². The zero-order valence-corrected chi connectivity index (χ0v) is 24.9. The minimum atomic E-state index is -1.26. The van der Waals surface area contributed by atoms with E-state index in [2.05, 4.69) is 13.8 Å².